The van der Waals surface area contributed by atoms with Crippen molar-refractivity contribution in [2.24, 2.45) is 5.92 Å². The number of amides is 1. The van der Waals surface area contributed by atoms with E-state index in [1.54, 1.807) is 17.6 Å². The van der Waals surface area contributed by atoms with E-state index >= 15 is 0 Å². The number of nitrogens with zero attached hydrogens (tertiary/aromatic N) is 2. The molecule has 0 spiro atoms. The molecule has 2 heterocycles. The molecule has 3 rings (SSSR count). The lowest BCUT2D eigenvalue weighted by molar-refractivity contribution is -0.133. The SMILES string of the molecule is CC(C)CN(C(=O)CN(Cc1ccco1)Cc1cccs1)C1CC1. The largest absolute Gasteiger partial charge is 0.468 e. The molecule has 2 aromatic heterocycles. The Kier molecular flexibility index (Phi) is 5.74. The van der Waals surface area contributed by atoms with Gasteiger partial charge in [-0.3, -0.25) is 9.69 Å². The fraction of sp³-hybridized carbons (Fsp3) is 0.526. The van der Waals surface area contributed by atoms with Crippen molar-refractivity contribution in [3.05, 3.63) is 46.5 Å². The zero-order valence-electron chi connectivity index (χ0n) is 14.5. The van der Waals surface area contributed by atoms with Gasteiger partial charge in [0.25, 0.3) is 0 Å². The number of thiophene rings is 1. The van der Waals surface area contributed by atoms with Gasteiger partial charge in [0.15, 0.2) is 0 Å². The van der Waals surface area contributed by atoms with Gasteiger partial charge in [-0.25, -0.2) is 0 Å². The van der Waals surface area contributed by atoms with E-state index in [1.807, 2.05) is 12.1 Å². The highest BCUT2D eigenvalue weighted by molar-refractivity contribution is 7.09. The molecule has 0 aliphatic heterocycles. The Morgan fingerprint density at radius 2 is 2.12 bits per heavy atom. The fourth-order valence-corrected chi connectivity index (χ4v) is 3.68. The molecular weight excluding hydrogens is 320 g/mol. The normalized spacial score (nSPS) is 14.5. The Hall–Kier alpha value is -1.59. The number of carbonyl (C=O) groups excluding carboxylic acids is 1. The second kappa shape index (κ2) is 7.99. The van der Waals surface area contributed by atoms with Crippen molar-refractivity contribution in [3.63, 3.8) is 0 Å². The predicted octanol–water partition coefficient (Wildman–Crippen LogP) is 3.99. The first-order valence-corrected chi connectivity index (χ1v) is 9.56. The third kappa shape index (κ3) is 4.95. The molecule has 1 aliphatic carbocycles. The molecule has 1 saturated carbocycles. The van der Waals surface area contributed by atoms with Gasteiger partial charge in [-0.1, -0.05) is 19.9 Å². The lowest BCUT2D eigenvalue weighted by Gasteiger charge is -2.28. The van der Waals surface area contributed by atoms with Gasteiger partial charge in [0, 0.05) is 24.0 Å². The van der Waals surface area contributed by atoms with Crippen LogP contribution in [0.5, 0.6) is 0 Å². The van der Waals surface area contributed by atoms with Gasteiger partial charge in [-0.2, -0.15) is 0 Å². The van der Waals surface area contributed by atoms with E-state index in [0.29, 0.717) is 25.0 Å². The van der Waals surface area contributed by atoms with Crippen LogP contribution in [-0.4, -0.2) is 34.8 Å². The molecule has 0 atom stereocenters. The van der Waals surface area contributed by atoms with E-state index in [-0.39, 0.29) is 5.91 Å². The van der Waals surface area contributed by atoms with Crippen molar-refractivity contribution in [1.29, 1.82) is 0 Å². The fourth-order valence-electron chi connectivity index (χ4n) is 2.93. The van der Waals surface area contributed by atoms with Crippen molar-refractivity contribution in [2.75, 3.05) is 13.1 Å². The predicted molar refractivity (Wildman–Crippen MR) is 96.7 cm³/mol. The van der Waals surface area contributed by atoms with Crippen LogP contribution in [0.4, 0.5) is 0 Å². The first-order chi connectivity index (χ1) is 11.6. The summed E-state index contributed by atoms with van der Waals surface area (Å²) in [6.45, 7) is 7.10. The molecule has 0 saturated heterocycles. The average molecular weight is 346 g/mol. The summed E-state index contributed by atoms with van der Waals surface area (Å²) in [5, 5.41) is 2.08. The lowest BCUT2D eigenvalue weighted by Crippen LogP contribution is -2.42. The molecule has 2 aromatic rings. The molecule has 0 N–H and O–H groups in total. The van der Waals surface area contributed by atoms with Gasteiger partial charge < -0.3 is 9.32 Å². The van der Waals surface area contributed by atoms with Crippen molar-refractivity contribution in [2.45, 2.75) is 45.8 Å². The topological polar surface area (TPSA) is 36.7 Å². The summed E-state index contributed by atoms with van der Waals surface area (Å²) in [5.74, 6) is 1.65. The molecule has 0 unspecified atom stereocenters. The summed E-state index contributed by atoms with van der Waals surface area (Å²) < 4.78 is 5.49. The molecule has 0 bridgehead atoms. The van der Waals surface area contributed by atoms with Crippen molar-refractivity contribution >= 4 is 17.2 Å². The van der Waals surface area contributed by atoms with Crippen LogP contribution in [0.2, 0.25) is 0 Å². The molecule has 0 aromatic carbocycles. The maximum Gasteiger partial charge on any atom is 0.237 e. The zero-order valence-corrected chi connectivity index (χ0v) is 15.3. The molecule has 4 nitrogen and oxygen atoms in total. The molecule has 24 heavy (non-hydrogen) atoms. The monoisotopic (exact) mass is 346 g/mol. The first-order valence-electron chi connectivity index (χ1n) is 8.68. The van der Waals surface area contributed by atoms with E-state index in [0.717, 1.165) is 31.7 Å². The summed E-state index contributed by atoms with van der Waals surface area (Å²) in [4.78, 5) is 18.4. The minimum absolute atomic E-state index is 0.245. The zero-order chi connectivity index (χ0) is 16.9. The summed E-state index contributed by atoms with van der Waals surface area (Å²) in [6, 6.07) is 8.51. The van der Waals surface area contributed by atoms with Crippen LogP contribution in [0.1, 0.15) is 37.3 Å². The molecule has 5 heteroatoms. The third-order valence-corrected chi connectivity index (χ3v) is 5.01. The lowest BCUT2D eigenvalue weighted by atomic mass is 10.2. The van der Waals surface area contributed by atoms with Crippen LogP contribution < -0.4 is 0 Å². The third-order valence-electron chi connectivity index (χ3n) is 4.15. The summed E-state index contributed by atoms with van der Waals surface area (Å²) in [5.41, 5.74) is 0. The number of furan rings is 1. The highest BCUT2D eigenvalue weighted by Gasteiger charge is 2.33. The standard InChI is InChI=1S/C19H26N2O2S/c1-15(2)11-21(16-7-8-16)19(22)14-20(12-17-5-3-9-23-17)13-18-6-4-10-24-18/h3-6,9-10,15-16H,7-8,11-14H2,1-2H3. The summed E-state index contributed by atoms with van der Waals surface area (Å²) >= 11 is 1.73. The Bertz CT molecular complexity index is 582. The minimum atomic E-state index is 0.245. The molecule has 1 amide bonds. The van der Waals surface area contributed by atoms with Gasteiger partial charge in [-0.15, -0.1) is 11.3 Å². The summed E-state index contributed by atoms with van der Waals surface area (Å²) in [6.07, 6.45) is 4.00. The second-order valence-electron chi connectivity index (χ2n) is 6.98. The van der Waals surface area contributed by atoms with E-state index in [4.69, 9.17) is 4.42 Å². The quantitative estimate of drug-likeness (QED) is 0.689. The van der Waals surface area contributed by atoms with Gasteiger partial charge >= 0.3 is 0 Å². The Balaban J connectivity index is 1.66. The highest BCUT2D eigenvalue weighted by Crippen LogP contribution is 2.28. The van der Waals surface area contributed by atoms with Crippen molar-refractivity contribution in [3.8, 4) is 0 Å². The summed E-state index contributed by atoms with van der Waals surface area (Å²) in [7, 11) is 0. The van der Waals surface area contributed by atoms with Crippen LogP contribution in [0.15, 0.2) is 40.3 Å². The minimum Gasteiger partial charge on any atom is -0.468 e. The van der Waals surface area contributed by atoms with Crippen molar-refractivity contribution in [1.82, 2.24) is 9.80 Å². The highest BCUT2D eigenvalue weighted by atomic mass is 32.1. The van der Waals surface area contributed by atoms with E-state index in [2.05, 4.69) is 41.2 Å². The van der Waals surface area contributed by atoms with E-state index in [1.165, 1.54) is 4.88 Å². The van der Waals surface area contributed by atoms with Gasteiger partial charge in [0.1, 0.15) is 5.76 Å². The number of carbonyl (C=O) groups is 1. The van der Waals surface area contributed by atoms with Crippen LogP contribution in [-0.2, 0) is 17.9 Å². The molecule has 1 fully saturated rings. The van der Waals surface area contributed by atoms with Crippen LogP contribution >= 0.6 is 11.3 Å². The van der Waals surface area contributed by atoms with Gasteiger partial charge in [-0.05, 0) is 42.3 Å². The van der Waals surface area contributed by atoms with Crippen LogP contribution in [0.3, 0.4) is 0 Å². The molecule has 1 aliphatic rings. The van der Waals surface area contributed by atoms with Crippen LogP contribution in [0.25, 0.3) is 0 Å². The maximum atomic E-state index is 12.9. The smallest absolute Gasteiger partial charge is 0.237 e. The number of rotatable bonds is 9. The number of hydrogen-bond donors (Lipinski definition) is 0. The maximum absolute atomic E-state index is 12.9. The Morgan fingerprint density at radius 3 is 2.71 bits per heavy atom. The molecule has 130 valence electrons. The Morgan fingerprint density at radius 1 is 1.29 bits per heavy atom. The molecule has 0 radical (unpaired) electrons. The van der Waals surface area contributed by atoms with E-state index in [9.17, 15) is 4.79 Å². The first kappa shape index (κ1) is 17.2. The Labute approximate surface area is 148 Å². The van der Waals surface area contributed by atoms with E-state index < -0.39 is 0 Å². The number of hydrogen-bond acceptors (Lipinski definition) is 4. The average Bonchev–Trinajstić information content (AvgIpc) is 3.00. The van der Waals surface area contributed by atoms with Gasteiger partial charge in [0.2, 0.25) is 5.91 Å². The van der Waals surface area contributed by atoms with Crippen LogP contribution in [0, 0.1) is 5.92 Å². The van der Waals surface area contributed by atoms with Crippen molar-refractivity contribution < 1.29 is 9.21 Å². The molecular formula is C19H26N2O2S. The van der Waals surface area contributed by atoms with Gasteiger partial charge in [0.05, 0.1) is 19.4 Å². The second-order valence-corrected chi connectivity index (χ2v) is 8.01.